The van der Waals surface area contributed by atoms with Crippen LogP contribution >= 0.6 is 0 Å². The smallest absolute Gasteiger partial charge is 0.266 e. The molecule has 30 heavy (non-hydrogen) atoms. The van der Waals surface area contributed by atoms with Crippen LogP contribution in [0, 0.1) is 0 Å². The van der Waals surface area contributed by atoms with E-state index >= 15 is 0 Å². The molecule has 0 atom stereocenters. The van der Waals surface area contributed by atoms with Crippen molar-refractivity contribution in [1.29, 1.82) is 0 Å². The average Bonchev–Trinajstić information content (AvgIpc) is 2.54. The number of carbonyl (C=O) groups is 2. The van der Waals surface area contributed by atoms with Crippen LogP contribution in [0.25, 0.3) is 0 Å². The van der Waals surface area contributed by atoms with Crippen LogP contribution in [0.3, 0.4) is 0 Å². The molecule has 2 amide bonds. The summed E-state index contributed by atoms with van der Waals surface area (Å²) in [5.41, 5.74) is 0.512. The lowest BCUT2D eigenvalue weighted by Crippen LogP contribution is -2.47. The molecule has 1 aliphatic carbocycles. The Labute approximate surface area is 179 Å². The van der Waals surface area contributed by atoms with Crippen molar-refractivity contribution in [2.45, 2.75) is 46.2 Å². The molecule has 0 aromatic heterocycles. The molecule has 0 aliphatic heterocycles. The number of carbonyl (C=O) groups excluding carboxylic acids is 2. The number of hydrogen-bond donors (Lipinski definition) is 3. The lowest BCUT2D eigenvalue weighted by Gasteiger charge is -2.35. The van der Waals surface area contributed by atoms with Gasteiger partial charge in [0.1, 0.15) is 0 Å². The number of amides is 2. The van der Waals surface area contributed by atoms with Gasteiger partial charge in [-0.2, -0.15) is 8.42 Å². The Balaban J connectivity index is 2.70. The Morgan fingerprint density at radius 2 is 1.57 bits per heavy atom. The Morgan fingerprint density at radius 3 is 2.03 bits per heavy atom. The third kappa shape index (κ3) is 10.00. The fraction of sp³-hybridized carbons (Fsp3) is 0.524. The molecular weight excluding hydrogens is 406 g/mol. The molecule has 3 N–H and O–H groups in total. The summed E-state index contributed by atoms with van der Waals surface area (Å²) < 4.78 is 31.1. The molecule has 8 nitrogen and oxygen atoms in total. The van der Waals surface area contributed by atoms with Gasteiger partial charge in [0.2, 0.25) is 0 Å². The highest BCUT2D eigenvalue weighted by Crippen LogP contribution is 2.13. The third-order valence-electron chi connectivity index (χ3n) is 4.28. The maximum atomic E-state index is 12.5. The summed E-state index contributed by atoms with van der Waals surface area (Å²) in [6, 6.07) is 0.00566. The van der Waals surface area contributed by atoms with E-state index in [4.69, 9.17) is 4.55 Å². The van der Waals surface area contributed by atoms with Crippen LogP contribution < -0.4 is 10.6 Å². The van der Waals surface area contributed by atoms with Crippen LogP contribution in [0.4, 0.5) is 0 Å². The molecule has 168 valence electrons. The quantitative estimate of drug-likeness (QED) is 0.470. The lowest BCUT2D eigenvalue weighted by molar-refractivity contribution is -0.118. The zero-order chi connectivity index (χ0) is 22.9. The van der Waals surface area contributed by atoms with E-state index in [-0.39, 0.29) is 35.7 Å². The summed E-state index contributed by atoms with van der Waals surface area (Å²) in [5.74, 6) is -0.887. The van der Waals surface area contributed by atoms with Gasteiger partial charge in [0.25, 0.3) is 21.9 Å². The van der Waals surface area contributed by atoms with Crippen molar-refractivity contribution in [2.75, 3.05) is 25.4 Å². The Kier molecular flexibility index (Phi) is 9.67. The first-order valence-corrected chi connectivity index (χ1v) is 11.5. The van der Waals surface area contributed by atoms with Gasteiger partial charge in [0, 0.05) is 42.4 Å². The van der Waals surface area contributed by atoms with Gasteiger partial charge in [-0.15, -0.1) is 0 Å². The molecule has 0 fully saturated rings. The number of nitrogens with one attached hydrogen (secondary N) is 2. The van der Waals surface area contributed by atoms with E-state index in [0.717, 1.165) is 0 Å². The van der Waals surface area contributed by atoms with Crippen LogP contribution in [0.15, 0.2) is 47.6 Å². The van der Waals surface area contributed by atoms with E-state index in [2.05, 4.69) is 10.6 Å². The van der Waals surface area contributed by atoms with E-state index < -0.39 is 10.1 Å². The van der Waals surface area contributed by atoms with Gasteiger partial charge >= 0.3 is 0 Å². The Hall–Kier alpha value is -2.23. The van der Waals surface area contributed by atoms with Crippen molar-refractivity contribution in [1.82, 2.24) is 15.5 Å². The van der Waals surface area contributed by atoms with Gasteiger partial charge in [0.15, 0.2) is 0 Å². The first kappa shape index (κ1) is 25.8. The largest absolute Gasteiger partial charge is 0.351 e. The molecule has 0 radical (unpaired) electrons. The standard InChI is InChI=1S/C21H33N3O5S/c1-16(2)23-20(26)18-9-7-6-8-17(10-11-18)19(25)22-12-13-24(21(3,4)5)14-15-30(27,28)29/h6-11,16H,12-15H2,1-5H3,(H,22,25)(H,23,26)(H,27,28,29)/b7-6-,8-6?,9-7?,11-10-,17-8+,17-10?,18-9+,18-11?. The van der Waals surface area contributed by atoms with Gasteiger partial charge in [-0.05, 0) is 58.9 Å². The number of rotatable bonds is 9. The molecule has 0 spiro atoms. The second-order valence-electron chi connectivity index (χ2n) is 8.29. The third-order valence-corrected chi connectivity index (χ3v) is 4.98. The van der Waals surface area contributed by atoms with Crippen molar-refractivity contribution in [3.05, 3.63) is 47.6 Å². The predicted octanol–water partition coefficient (Wildman–Crippen LogP) is 1.59. The van der Waals surface area contributed by atoms with Crippen LogP contribution in [-0.4, -0.2) is 66.7 Å². The van der Waals surface area contributed by atoms with Crippen LogP contribution in [0.5, 0.6) is 0 Å². The fourth-order valence-electron chi connectivity index (χ4n) is 2.67. The normalized spacial score (nSPS) is 20.4. The average molecular weight is 440 g/mol. The first-order chi connectivity index (χ1) is 13.8. The van der Waals surface area contributed by atoms with Gasteiger partial charge in [-0.1, -0.05) is 12.2 Å². The zero-order valence-electron chi connectivity index (χ0n) is 18.3. The molecule has 9 heteroatoms. The summed E-state index contributed by atoms with van der Waals surface area (Å²) in [6.07, 6.45) is 9.90. The number of nitrogens with zero attached hydrogens (tertiary/aromatic N) is 1. The molecule has 0 aromatic rings. The number of allylic oxidation sites excluding steroid dienone is 4. The van der Waals surface area contributed by atoms with Gasteiger partial charge < -0.3 is 10.6 Å². The van der Waals surface area contributed by atoms with Gasteiger partial charge in [0.05, 0.1) is 5.75 Å². The lowest BCUT2D eigenvalue weighted by atomic mass is 10.1. The summed E-state index contributed by atoms with van der Waals surface area (Å²) in [6.45, 7) is 10.4. The minimum Gasteiger partial charge on any atom is -0.351 e. The highest BCUT2D eigenvalue weighted by atomic mass is 32.2. The van der Waals surface area contributed by atoms with Crippen molar-refractivity contribution >= 4 is 21.9 Å². The first-order valence-electron chi connectivity index (χ1n) is 9.85. The molecule has 0 bridgehead atoms. The van der Waals surface area contributed by atoms with Crippen molar-refractivity contribution in [3.63, 3.8) is 0 Å². The summed E-state index contributed by atoms with van der Waals surface area (Å²) in [7, 11) is -4.06. The monoisotopic (exact) mass is 439 g/mol. The van der Waals surface area contributed by atoms with Crippen LogP contribution in [0.1, 0.15) is 34.6 Å². The molecule has 0 unspecified atom stereocenters. The van der Waals surface area contributed by atoms with Crippen molar-refractivity contribution < 1.29 is 22.6 Å². The van der Waals surface area contributed by atoms with Gasteiger partial charge in [-0.3, -0.25) is 19.0 Å². The zero-order valence-corrected chi connectivity index (χ0v) is 19.1. The molecule has 0 heterocycles. The highest BCUT2D eigenvalue weighted by molar-refractivity contribution is 7.85. The Bertz CT molecular complexity index is 846. The van der Waals surface area contributed by atoms with E-state index in [1.165, 1.54) is 0 Å². The maximum absolute atomic E-state index is 12.5. The topological polar surface area (TPSA) is 116 Å². The second kappa shape index (κ2) is 11.2. The molecule has 1 aliphatic rings. The summed E-state index contributed by atoms with van der Waals surface area (Å²) in [4.78, 5) is 26.6. The summed E-state index contributed by atoms with van der Waals surface area (Å²) in [5, 5.41) is 5.62. The molecule has 1 rings (SSSR count). The molecule has 0 saturated heterocycles. The van der Waals surface area contributed by atoms with Crippen molar-refractivity contribution in [2.24, 2.45) is 0 Å². The number of hydrogen-bond acceptors (Lipinski definition) is 5. The SMILES string of the molecule is CC(C)NC(=O)C1=C/C=C\C=C(C(=O)NCCN(CCS(=O)(=O)O)C(C)(C)C)/C=C\1. The highest BCUT2D eigenvalue weighted by Gasteiger charge is 2.22. The molecule has 0 saturated carbocycles. The minimum atomic E-state index is -4.06. The van der Waals surface area contributed by atoms with E-state index in [1.807, 2.05) is 39.5 Å². The predicted molar refractivity (Wildman–Crippen MR) is 118 cm³/mol. The second-order valence-corrected chi connectivity index (χ2v) is 9.86. The molecular formula is C21H33N3O5S. The van der Waals surface area contributed by atoms with Gasteiger partial charge in [-0.25, -0.2) is 0 Å². The van der Waals surface area contributed by atoms with E-state index in [1.54, 1.807) is 36.5 Å². The fourth-order valence-corrected chi connectivity index (χ4v) is 3.12. The Morgan fingerprint density at radius 1 is 1.03 bits per heavy atom. The molecule has 0 aromatic carbocycles. The van der Waals surface area contributed by atoms with E-state index in [0.29, 0.717) is 24.2 Å². The van der Waals surface area contributed by atoms with Crippen LogP contribution in [0.2, 0.25) is 0 Å². The van der Waals surface area contributed by atoms with E-state index in [9.17, 15) is 18.0 Å². The maximum Gasteiger partial charge on any atom is 0.266 e. The summed E-state index contributed by atoms with van der Waals surface area (Å²) >= 11 is 0. The minimum absolute atomic E-state index is 0.00566. The van der Waals surface area contributed by atoms with Crippen molar-refractivity contribution in [3.8, 4) is 0 Å². The van der Waals surface area contributed by atoms with Crippen LogP contribution in [-0.2, 0) is 19.7 Å².